The highest BCUT2D eigenvalue weighted by Crippen LogP contribution is 2.28. The molecular formula is C12H15N3O. The number of aromatic nitrogens is 2. The van der Waals surface area contributed by atoms with Gasteiger partial charge >= 0.3 is 0 Å². The summed E-state index contributed by atoms with van der Waals surface area (Å²) in [7, 11) is 1.66. The van der Waals surface area contributed by atoms with Crippen LogP contribution in [0.5, 0.6) is 5.75 Å². The molecular weight excluding hydrogens is 202 g/mol. The first-order chi connectivity index (χ1) is 7.76. The van der Waals surface area contributed by atoms with Crippen molar-refractivity contribution in [2.45, 2.75) is 13.5 Å². The number of rotatable bonds is 3. The minimum absolute atomic E-state index is 0.427. The van der Waals surface area contributed by atoms with Gasteiger partial charge in [-0.15, -0.1) is 0 Å². The van der Waals surface area contributed by atoms with Gasteiger partial charge in [0.25, 0.3) is 0 Å². The number of aromatic amines is 1. The average molecular weight is 217 g/mol. The lowest BCUT2D eigenvalue weighted by molar-refractivity contribution is 0.415. The Kier molecular flexibility index (Phi) is 2.92. The third-order valence-corrected chi connectivity index (χ3v) is 2.57. The van der Waals surface area contributed by atoms with E-state index < -0.39 is 0 Å². The van der Waals surface area contributed by atoms with E-state index in [9.17, 15) is 0 Å². The Morgan fingerprint density at radius 2 is 2.25 bits per heavy atom. The predicted octanol–water partition coefficient (Wildman–Crippen LogP) is 1.85. The van der Waals surface area contributed by atoms with E-state index in [4.69, 9.17) is 10.5 Å². The van der Waals surface area contributed by atoms with Crippen LogP contribution in [0, 0.1) is 6.92 Å². The van der Waals surface area contributed by atoms with Gasteiger partial charge in [0.15, 0.2) is 0 Å². The second-order valence-corrected chi connectivity index (χ2v) is 3.61. The fourth-order valence-corrected chi connectivity index (χ4v) is 1.79. The number of nitrogens with zero attached hydrogens (tertiary/aromatic N) is 1. The third kappa shape index (κ3) is 1.79. The summed E-state index contributed by atoms with van der Waals surface area (Å²) in [4.78, 5) is 0. The zero-order chi connectivity index (χ0) is 11.5. The quantitative estimate of drug-likeness (QED) is 0.824. The summed E-state index contributed by atoms with van der Waals surface area (Å²) in [5, 5.41) is 7.13. The summed E-state index contributed by atoms with van der Waals surface area (Å²) in [6.45, 7) is 2.41. The van der Waals surface area contributed by atoms with Crippen molar-refractivity contribution >= 4 is 0 Å². The molecule has 0 spiro atoms. The Labute approximate surface area is 94.4 Å². The van der Waals surface area contributed by atoms with Gasteiger partial charge in [-0.25, -0.2) is 0 Å². The molecule has 84 valence electrons. The van der Waals surface area contributed by atoms with Gasteiger partial charge in [0.1, 0.15) is 5.75 Å². The lowest BCUT2D eigenvalue weighted by atomic mass is 10.0. The maximum Gasteiger partial charge on any atom is 0.119 e. The van der Waals surface area contributed by atoms with Gasteiger partial charge in [-0.2, -0.15) is 5.10 Å². The van der Waals surface area contributed by atoms with E-state index >= 15 is 0 Å². The normalized spacial score (nSPS) is 10.4. The van der Waals surface area contributed by atoms with Crippen LogP contribution >= 0.6 is 0 Å². The van der Waals surface area contributed by atoms with Crippen molar-refractivity contribution in [3.8, 4) is 16.9 Å². The second-order valence-electron chi connectivity index (χ2n) is 3.61. The van der Waals surface area contributed by atoms with Crippen LogP contribution in [0.4, 0.5) is 0 Å². The highest BCUT2D eigenvalue weighted by Gasteiger charge is 2.11. The van der Waals surface area contributed by atoms with Crippen molar-refractivity contribution in [3.05, 3.63) is 35.7 Å². The largest absolute Gasteiger partial charge is 0.497 e. The first-order valence-electron chi connectivity index (χ1n) is 5.14. The number of hydrogen-bond donors (Lipinski definition) is 2. The molecule has 0 bridgehead atoms. The molecule has 0 aliphatic heterocycles. The SMILES string of the molecule is COc1cccc(-c2c(CN)n[nH]c2C)c1. The number of nitrogens with one attached hydrogen (secondary N) is 1. The van der Waals surface area contributed by atoms with Crippen molar-refractivity contribution in [1.82, 2.24) is 10.2 Å². The summed E-state index contributed by atoms with van der Waals surface area (Å²) >= 11 is 0. The van der Waals surface area contributed by atoms with Crippen LogP contribution < -0.4 is 10.5 Å². The molecule has 16 heavy (non-hydrogen) atoms. The molecule has 0 saturated carbocycles. The van der Waals surface area contributed by atoms with E-state index in [0.717, 1.165) is 28.3 Å². The topological polar surface area (TPSA) is 63.9 Å². The molecule has 1 heterocycles. The van der Waals surface area contributed by atoms with E-state index in [1.165, 1.54) is 0 Å². The molecule has 0 saturated heterocycles. The van der Waals surface area contributed by atoms with E-state index in [1.54, 1.807) is 7.11 Å². The lowest BCUT2D eigenvalue weighted by Gasteiger charge is -2.05. The van der Waals surface area contributed by atoms with Crippen molar-refractivity contribution in [2.75, 3.05) is 7.11 Å². The first kappa shape index (κ1) is 10.7. The highest BCUT2D eigenvalue weighted by atomic mass is 16.5. The van der Waals surface area contributed by atoms with Crippen LogP contribution in [0.1, 0.15) is 11.4 Å². The molecule has 4 nitrogen and oxygen atoms in total. The van der Waals surface area contributed by atoms with Crippen molar-refractivity contribution in [2.24, 2.45) is 5.73 Å². The van der Waals surface area contributed by atoms with Crippen LogP contribution in [0.15, 0.2) is 24.3 Å². The Morgan fingerprint density at radius 3 is 2.94 bits per heavy atom. The summed E-state index contributed by atoms with van der Waals surface area (Å²) < 4.78 is 5.20. The molecule has 0 amide bonds. The fraction of sp³-hybridized carbons (Fsp3) is 0.250. The fourth-order valence-electron chi connectivity index (χ4n) is 1.79. The second kappa shape index (κ2) is 4.37. The van der Waals surface area contributed by atoms with Gasteiger partial charge in [-0.05, 0) is 24.6 Å². The zero-order valence-electron chi connectivity index (χ0n) is 9.45. The first-order valence-corrected chi connectivity index (χ1v) is 5.14. The van der Waals surface area contributed by atoms with Crippen molar-refractivity contribution in [3.63, 3.8) is 0 Å². The van der Waals surface area contributed by atoms with Crippen LogP contribution in [-0.2, 0) is 6.54 Å². The summed E-state index contributed by atoms with van der Waals surface area (Å²) in [5.74, 6) is 0.834. The maximum atomic E-state index is 5.66. The van der Waals surface area contributed by atoms with Gasteiger partial charge in [0.2, 0.25) is 0 Å². The Bertz CT molecular complexity index is 491. The standard InChI is InChI=1S/C12H15N3O/c1-8-12(11(7-13)15-14-8)9-4-3-5-10(6-9)16-2/h3-6H,7,13H2,1-2H3,(H,14,15). The summed E-state index contributed by atoms with van der Waals surface area (Å²) in [6.07, 6.45) is 0. The third-order valence-electron chi connectivity index (χ3n) is 2.57. The minimum atomic E-state index is 0.427. The minimum Gasteiger partial charge on any atom is -0.497 e. The molecule has 3 N–H and O–H groups in total. The summed E-state index contributed by atoms with van der Waals surface area (Å²) in [5.41, 5.74) is 9.71. The number of benzene rings is 1. The molecule has 0 radical (unpaired) electrons. The predicted molar refractivity (Wildman–Crippen MR) is 63.2 cm³/mol. The van der Waals surface area contributed by atoms with E-state index in [0.29, 0.717) is 6.54 Å². The number of methoxy groups -OCH3 is 1. The Hall–Kier alpha value is -1.81. The lowest BCUT2D eigenvalue weighted by Crippen LogP contribution is -1.98. The van der Waals surface area contributed by atoms with Gasteiger partial charge in [0, 0.05) is 17.8 Å². The van der Waals surface area contributed by atoms with E-state index in [2.05, 4.69) is 10.2 Å². The van der Waals surface area contributed by atoms with Crippen LogP contribution in [0.2, 0.25) is 0 Å². The van der Waals surface area contributed by atoms with Crippen LogP contribution in [0.25, 0.3) is 11.1 Å². The number of hydrogen-bond acceptors (Lipinski definition) is 3. The number of H-pyrrole nitrogens is 1. The molecule has 0 atom stereocenters. The molecule has 1 aromatic carbocycles. The molecule has 1 aromatic heterocycles. The molecule has 4 heteroatoms. The molecule has 0 unspecified atom stereocenters. The highest BCUT2D eigenvalue weighted by molar-refractivity contribution is 5.69. The van der Waals surface area contributed by atoms with Crippen LogP contribution in [-0.4, -0.2) is 17.3 Å². The van der Waals surface area contributed by atoms with Gasteiger partial charge in [-0.3, -0.25) is 5.10 Å². The monoisotopic (exact) mass is 217 g/mol. The molecule has 2 aromatic rings. The van der Waals surface area contributed by atoms with E-state index in [-0.39, 0.29) is 0 Å². The zero-order valence-corrected chi connectivity index (χ0v) is 9.45. The van der Waals surface area contributed by atoms with Gasteiger partial charge < -0.3 is 10.5 Å². The van der Waals surface area contributed by atoms with Crippen molar-refractivity contribution in [1.29, 1.82) is 0 Å². The number of nitrogens with two attached hydrogens (primary N) is 1. The molecule has 0 fully saturated rings. The van der Waals surface area contributed by atoms with Gasteiger partial charge in [-0.1, -0.05) is 12.1 Å². The number of aryl methyl sites for hydroxylation is 1. The van der Waals surface area contributed by atoms with Crippen molar-refractivity contribution < 1.29 is 4.74 Å². The maximum absolute atomic E-state index is 5.66. The number of ether oxygens (including phenoxy) is 1. The van der Waals surface area contributed by atoms with Crippen LogP contribution in [0.3, 0.4) is 0 Å². The smallest absolute Gasteiger partial charge is 0.119 e. The molecule has 2 rings (SSSR count). The average Bonchev–Trinajstić information content (AvgIpc) is 2.70. The molecule has 0 aliphatic rings. The van der Waals surface area contributed by atoms with Gasteiger partial charge in [0.05, 0.1) is 12.8 Å². The summed E-state index contributed by atoms with van der Waals surface area (Å²) in [6, 6.07) is 7.89. The Morgan fingerprint density at radius 1 is 1.44 bits per heavy atom. The van der Waals surface area contributed by atoms with E-state index in [1.807, 2.05) is 31.2 Å². The Balaban J connectivity index is 2.53. The molecule has 0 aliphatic carbocycles.